The van der Waals surface area contributed by atoms with Crippen molar-refractivity contribution in [1.29, 1.82) is 0 Å². The van der Waals surface area contributed by atoms with Crippen molar-refractivity contribution in [2.24, 2.45) is 15.7 Å². The van der Waals surface area contributed by atoms with Gasteiger partial charge in [-0.15, -0.1) is 0 Å². The van der Waals surface area contributed by atoms with E-state index in [0.717, 1.165) is 18.5 Å². The highest BCUT2D eigenvalue weighted by atomic mass is 19.4. The van der Waals surface area contributed by atoms with Crippen LogP contribution >= 0.6 is 0 Å². The lowest BCUT2D eigenvalue weighted by atomic mass is 10.1. The van der Waals surface area contributed by atoms with Gasteiger partial charge >= 0.3 is 12.1 Å². The van der Waals surface area contributed by atoms with E-state index in [4.69, 9.17) is 10.8 Å². The molecule has 0 unspecified atom stereocenters. The molecular formula is C17H14F3N3O2. The van der Waals surface area contributed by atoms with Crippen LogP contribution in [0.1, 0.15) is 16.7 Å². The molecule has 0 fully saturated rings. The van der Waals surface area contributed by atoms with Gasteiger partial charge < -0.3 is 10.8 Å². The molecule has 5 nitrogen and oxygen atoms in total. The van der Waals surface area contributed by atoms with Gasteiger partial charge in [-0.2, -0.15) is 13.2 Å². The number of aliphatic imine (C=N–C) groups is 2. The molecule has 0 saturated carbocycles. The summed E-state index contributed by atoms with van der Waals surface area (Å²) in [6.07, 6.45) is -3.34. The van der Waals surface area contributed by atoms with Crippen molar-refractivity contribution in [3.05, 3.63) is 65.2 Å². The largest absolute Gasteiger partial charge is 0.481 e. The van der Waals surface area contributed by atoms with E-state index >= 15 is 0 Å². The zero-order valence-electron chi connectivity index (χ0n) is 12.9. The van der Waals surface area contributed by atoms with Crippen molar-refractivity contribution >= 4 is 23.8 Å². The molecule has 0 saturated heterocycles. The lowest BCUT2D eigenvalue weighted by molar-refractivity contribution is -0.138. The molecule has 2 rings (SSSR count). The fourth-order valence-corrected chi connectivity index (χ4v) is 1.94. The Morgan fingerprint density at radius 1 is 1.08 bits per heavy atom. The monoisotopic (exact) mass is 349 g/mol. The van der Waals surface area contributed by atoms with Gasteiger partial charge in [0.15, 0.2) is 0 Å². The van der Waals surface area contributed by atoms with Crippen LogP contribution in [-0.4, -0.2) is 23.2 Å². The maximum atomic E-state index is 12.5. The molecule has 8 heteroatoms. The Bertz CT molecular complexity index is 795. The molecule has 0 aliphatic heterocycles. The highest BCUT2D eigenvalue weighted by Gasteiger charge is 2.29. The minimum Gasteiger partial charge on any atom is -0.481 e. The number of nitrogens with two attached hydrogens (primary N) is 1. The third-order valence-electron chi connectivity index (χ3n) is 3.20. The molecule has 0 aliphatic carbocycles. The van der Waals surface area contributed by atoms with Crippen LogP contribution in [-0.2, 0) is 17.4 Å². The summed E-state index contributed by atoms with van der Waals surface area (Å²) in [7, 11) is 0. The molecule has 0 bridgehead atoms. The number of nitrogens with zero attached hydrogens (tertiary/aromatic N) is 2. The second-order valence-corrected chi connectivity index (χ2v) is 5.07. The predicted octanol–water partition coefficient (Wildman–Crippen LogP) is 3.40. The van der Waals surface area contributed by atoms with Crippen LogP contribution in [0.25, 0.3) is 0 Å². The fraction of sp³-hybridized carbons (Fsp3) is 0.118. The molecule has 2 aromatic carbocycles. The topological polar surface area (TPSA) is 88.0 Å². The standard InChI is InChI=1S/C17H14F3N3O2/c18-17(19,20)13-5-7-14(8-6-13)22-10-23-16(21)12-3-1-11(2-4-12)9-15(24)25/h1-8,10H,9H2,(H,24,25)(H2,21,22,23). The number of rotatable bonds is 5. The number of aliphatic carboxylic acids is 1. The van der Waals surface area contributed by atoms with E-state index in [1.54, 1.807) is 24.3 Å². The molecule has 0 aromatic heterocycles. The number of amidine groups is 1. The Morgan fingerprint density at radius 2 is 1.68 bits per heavy atom. The third kappa shape index (κ3) is 5.45. The van der Waals surface area contributed by atoms with Crippen LogP contribution in [0.4, 0.5) is 18.9 Å². The summed E-state index contributed by atoms with van der Waals surface area (Å²) in [5, 5.41) is 8.70. The van der Waals surface area contributed by atoms with Gasteiger partial charge in [0.25, 0.3) is 0 Å². The summed E-state index contributed by atoms with van der Waals surface area (Å²) >= 11 is 0. The van der Waals surface area contributed by atoms with Gasteiger partial charge in [0.2, 0.25) is 0 Å². The number of benzene rings is 2. The number of hydrogen-bond acceptors (Lipinski definition) is 2. The molecule has 3 N–H and O–H groups in total. The zero-order valence-corrected chi connectivity index (χ0v) is 12.9. The molecule has 130 valence electrons. The minimum atomic E-state index is -4.39. The minimum absolute atomic E-state index is 0.0906. The van der Waals surface area contributed by atoms with E-state index in [2.05, 4.69) is 9.98 Å². The van der Waals surface area contributed by atoms with Gasteiger partial charge in [0.05, 0.1) is 17.7 Å². The summed E-state index contributed by atoms with van der Waals surface area (Å²) in [5.41, 5.74) is 6.54. The summed E-state index contributed by atoms with van der Waals surface area (Å²) in [6.45, 7) is 0. The lowest BCUT2D eigenvalue weighted by Crippen LogP contribution is -2.13. The number of carboxylic acid groups (broad SMARTS) is 1. The van der Waals surface area contributed by atoms with Crippen molar-refractivity contribution in [2.75, 3.05) is 0 Å². The van der Waals surface area contributed by atoms with Gasteiger partial charge in [0, 0.05) is 5.56 Å². The third-order valence-corrected chi connectivity index (χ3v) is 3.20. The average Bonchev–Trinajstić information content (AvgIpc) is 2.54. The van der Waals surface area contributed by atoms with Crippen LogP contribution in [0.15, 0.2) is 58.5 Å². The van der Waals surface area contributed by atoms with Gasteiger partial charge in [-0.3, -0.25) is 4.79 Å². The molecule has 0 spiro atoms. The smallest absolute Gasteiger partial charge is 0.416 e. The van der Waals surface area contributed by atoms with Crippen LogP contribution in [0.5, 0.6) is 0 Å². The van der Waals surface area contributed by atoms with Crippen molar-refractivity contribution in [2.45, 2.75) is 12.6 Å². The lowest BCUT2D eigenvalue weighted by Gasteiger charge is -2.05. The molecule has 0 atom stereocenters. The molecular weight excluding hydrogens is 335 g/mol. The fourth-order valence-electron chi connectivity index (χ4n) is 1.94. The number of carbonyl (C=O) groups is 1. The van der Waals surface area contributed by atoms with Crippen molar-refractivity contribution in [1.82, 2.24) is 0 Å². The van der Waals surface area contributed by atoms with E-state index in [9.17, 15) is 18.0 Å². The van der Waals surface area contributed by atoms with Crippen LogP contribution in [0, 0.1) is 0 Å². The van der Waals surface area contributed by atoms with E-state index in [1.165, 1.54) is 12.1 Å². The second kappa shape index (κ2) is 7.61. The summed E-state index contributed by atoms with van der Waals surface area (Å²) in [6, 6.07) is 10.8. The zero-order chi connectivity index (χ0) is 18.4. The van der Waals surface area contributed by atoms with Gasteiger partial charge in [-0.25, -0.2) is 9.98 Å². The maximum Gasteiger partial charge on any atom is 0.416 e. The van der Waals surface area contributed by atoms with E-state index in [1.807, 2.05) is 0 Å². The highest BCUT2D eigenvalue weighted by Crippen LogP contribution is 2.30. The molecule has 25 heavy (non-hydrogen) atoms. The first-order valence-electron chi connectivity index (χ1n) is 7.10. The Morgan fingerprint density at radius 3 is 2.20 bits per heavy atom. The van der Waals surface area contributed by atoms with Gasteiger partial charge in [0.1, 0.15) is 12.2 Å². The Balaban J connectivity index is 2.05. The molecule has 2 aromatic rings. The van der Waals surface area contributed by atoms with Crippen LogP contribution in [0.3, 0.4) is 0 Å². The summed E-state index contributed by atoms with van der Waals surface area (Å²) in [5.74, 6) is -0.782. The highest BCUT2D eigenvalue weighted by molar-refractivity contribution is 6.01. The molecule has 0 radical (unpaired) electrons. The van der Waals surface area contributed by atoms with Crippen LogP contribution in [0.2, 0.25) is 0 Å². The summed E-state index contributed by atoms with van der Waals surface area (Å²) < 4.78 is 37.4. The number of alkyl halides is 3. The van der Waals surface area contributed by atoms with Crippen LogP contribution < -0.4 is 5.73 Å². The van der Waals surface area contributed by atoms with Crippen molar-refractivity contribution < 1.29 is 23.1 Å². The van der Waals surface area contributed by atoms with Gasteiger partial charge in [-0.05, 0) is 29.8 Å². The first-order valence-corrected chi connectivity index (χ1v) is 7.10. The summed E-state index contributed by atoms with van der Waals surface area (Å²) in [4.78, 5) is 18.4. The SMILES string of the molecule is NC(=NC=Nc1ccc(C(F)(F)F)cc1)c1ccc(CC(=O)O)cc1. The number of hydrogen-bond donors (Lipinski definition) is 2. The van der Waals surface area contributed by atoms with Crippen molar-refractivity contribution in [3.8, 4) is 0 Å². The first kappa shape index (κ1) is 18.2. The quantitative estimate of drug-likeness (QED) is 0.640. The predicted molar refractivity (Wildman–Crippen MR) is 88.1 cm³/mol. The maximum absolute atomic E-state index is 12.5. The number of halogens is 3. The Kier molecular flexibility index (Phi) is 5.53. The Hall–Kier alpha value is -3.16. The molecule has 0 amide bonds. The first-order chi connectivity index (χ1) is 11.8. The average molecular weight is 349 g/mol. The molecule has 0 aliphatic rings. The van der Waals surface area contributed by atoms with E-state index in [-0.39, 0.29) is 12.3 Å². The molecule has 0 heterocycles. The normalized spacial score (nSPS) is 12.5. The second-order valence-electron chi connectivity index (χ2n) is 5.07. The van der Waals surface area contributed by atoms with E-state index in [0.29, 0.717) is 16.8 Å². The van der Waals surface area contributed by atoms with E-state index < -0.39 is 17.7 Å². The van der Waals surface area contributed by atoms with Crippen molar-refractivity contribution in [3.63, 3.8) is 0 Å². The van der Waals surface area contributed by atoms with Gasteiger partial charge in [-0.1, -0.05) is 24.3 Å². The Labute approximate surface area is 141 Å². The number of carboxylic acids is 1.